The molecule has 0 atom stereocenters. The van der Waals surface area contributed by atoms with Crippen LogP contribution in [0.2, 0.25) is 0 Å². The largest absolute Gasteiger partial charge is 0.253 e. The predicted molar refractivity (Wildman–Crippen MR) is 79.3 cm³/mol. The molecule has 0 rings (SSSR count). The fourth-order valence-electron chi connectivity index (χ4n) is 1.14. The highest BCUT2D eigenvalue weighted by atomic mass is 14.7. The average Bonchev–Trinajstić information content (AvgIpc) is 2.33. The van der Waals surface area contributed by atoms with Crippen LogP contribution in [0.4, 0.5) is 0 Å². The Bertz CT molecular complexity index is 401. The minimum absolute atomic E-state index is 0.918. The van der Waals surface area contributed by atoms with Gasteiger partial charge in [0.15, 0.2) is 0 Å². The van der Waals surface area contributed by atoms with Crippen LogP contribution in [0, 0.1) is 0 Å². The van der Waals surface area contributed by atoms with E-state index in [0.717, 1.165) is 17.0 Å². The van der Waals surface area contributed by atoms with Crippen LogP contribution in [0.25, 0.3) is 0 Å². The molecule has 0 aliphatic rings. The summed E-state index contributed by atoms with van der Waals surface area (Å²) in [6, 6.07) is 0. The second-order valence-electron chi connectivity index (χ2n) is 3.38. The lowest BCUT2D eigenvalue weighted by atomic mass is 10.1. The fraction of sp³-hybridized carbons (Fsp3) is 0.188. The van der Waals surface area contributed by atoms with Gasteiger partial charge in [-0.15, -0.1) is 0 Å². The molecule has 0 unspecified atom stereocenters. The van der Waals surface area contributed by atoms with Crippen molar-refractivity contribution < 1.29 is 0 Å². The fourth-order valence-corrected chi connectivity index (χ4v) is 1.14. The number of allylic oxidation sites excluding steroid dienone is 10. The van der Waals surface area contributed by atoms with Crippen LogP contribution in [0.15, 0.2) is 78.0 Å². The maximum Gasteiger partial charge on any atom is 0.0701 e. The Kier molecular flexibility index (Phi) is 8.31. The van der Waals surface area contributed by atoms with Gasteiger partial charge in [-0.25, -0.2) is 0 Å². The monoisotopic (exact) mass is 227 g/mol. The van der Waals surface area contributed by atoms with E-state index in [1.54, 1.807) is 12.2 Å². The van der Waals surface area contributed by atoms with E-state index in [9.17, 15) is 0 Å². The number of hydrogen-bond donors (Lipinski definition) is 0. The van der Waals surface area contributed by atoms with Crippen molar-refractivity contribution in [2.24, 2.45) is 4.99 Å². The minimum atomic E-state index is 0.918. The first-order chi connectivity index (χ1) is 8.19. The van der Waals surface area contributed by atoms with E-state index in [-0.39, 0.29) is 0 Å². The molecule has 1 nitrogen and oxygen atoms in total. The number of aliphatic imine (C=N–C) groups is 1. The summed E-state index contributed by atoms with van der Waals surface area (Å²) in [5, 5.41) is 0. The summed E-state index contributed by atoms with van der Waals surface area (Å²) in [7, 11) is 0. The molecule has 0 radical (unpaired) electrons. The molecule has 0 aromatic carbocycles. The van der Waals surface area contributed by atoms with Crippen LogP contribution in [0.1, 0.15) is 20.8 Å². The first-order valence-corrected chi connectivity index (χ1v) is 5.66. The van der Waals surface area contributed by atoms with Gasteiger partial charge in [0.1, 0.15) is 0 Å². The predicted octanol–water partition coefficient (Wildman–Crippen LogP) is 4.78. The summed E-state index contributed by atoms with van der Waals surface area (Å²) in [6.45, 7) is 13.3. The topological polar surface area (TPSA) is 12.4 Å². The Morgan fingerprint density at radius 3 is 2.24 bits per heavy atom. The lowest BCUT2D eigenvalue weighted by Gasteiger charge is -2.02. The lowest BCUT2D eigenvalue weighted by molar-refractivity contribution is 1.28. The van der Waals surface area contributed by atoms with Gasteiger partial charge in [0.25, 0.3) is 0 Å². The number of nitrogens with zero attached hydrogens (tertiary/aromatic N) is 1. The van der Waals surface area contributed by atoms with Gasteiger partial charge in [0, 0.05) is 11.3 Å². The Hall–Kier alpha value is -1.89. The van der Waals surface area contributed by atoms with E-state index in [1.165, 1.54) is 0 Å². The Balaban J connectivity index is 5.47. The lowest BCUT2D eigenvalue weighted by Crippen LogP contribution is -1.97. The second kappa shape index (κ2) is 9.34. The molecule has 90 valence electrons. The zero-order valence-corrected chi connectivity index (χ0v) is 11.0. The molecule has 0 aliphatic carbocycles. The van der Waals surface area contributed by atoms with E-state index in [4.69, 9.17) is 0 Å². The molecule has 0 spiro atoms. The Morgan fingerprint density at radius 2 is 1.76 bits per heavy atom. The maximum absolute atomic E-state index is 4.55. The van der Waals surface area contributed by atoms with E-state index in [2.05, 4.69) is 18.2 Å². The summed E-state index contributed by atoms with van der Waals surface area (Å²) in [6.07, 6.45) is 15.2. The van der Waals surface area contributed by atoms with Gasteiger partial charge in [-0.2, -0.15) is 0 Å². The third kappa shape index (κ3) is 6.31. The first kappa shape index (κ1) is 15.1. The summed E-state index contributed by atoms with van der Waals surface area (Å²) in [5.41, 5.74) is 2.92. The van der Waals surface area contributed by atoms with Gasteiger partial charge in [-0.3, -0.25) is 4.99 Å². The highest BCUT2D eigenvalue weighted by molar-refractivity contribution is 6.10. The molecule has 0 N–H and O–H groups in total. The second-order valence-corrected chi connectivity index (χ2v) is 3.38. The third-order valence-corrected chi connectivity index (χ3v) is 2.04. The molecule has 0 saturated carbocycles. The first-order valence-electron chi connectivity index (χ1n) is 5.66. The molecule has 0 saturated heterocycles. The van der Waals surface area contributed by atoms with Crippen LogP contribution in [-0.2, 0) is 0 Å². The van der Waals surface area contributed by atoms with Crippen molar-refractivity contribution in [2.75, 3.05) is 0 Å². The maximum atomic E-state index is 4.55. The summed E-state index contributed by atoms with van der Waals surface area (Å²) >= 11 is 0. The molecular weight excluding hydrogens is 206 g/mol. The molecular formula is C16H21N. The van der Waals surface area contributed by atoms with Crippen LogP contribution >= 0.6 is 0 Å². The Labute approximate surface area is 105 Å². The van der Waals surface area contributed by atoms with Gasteiger partial charge in [0.2, 0.25) is 0 Å². The van der Waals surface area contributed by atoms with Gasteiger partial charge >= 0.3 is 0 Å². The molecule has 0 aromatic heterocycles. The molecule has 17 heavy (non-hydrogen) atoms. The van der Waals surface area contributed by atoms with Gasteiger partial charge < -0.3 is 0 Å². The molecule has 0 bridgehead atoms. The zero-order chi connectivity index (χ0) is 13.1. The van der Waals surface area contributed by atoms with Crippen LogP contribution in [-0.4, -0.2) is 5.71 Å². The van der Waals surface area contributed by atoms with Crippen LogP contribution < -0.4 is 0 Å². The summed E-state index contributed by atoms with van der Waals surface area (Å²) < 4.78 is 0. The quantitative estimate of drug-likeness (QED) is 0.457. The van der Waals surface area contributed by atoms with Crippen molar-refractivity contribution in [1.29, 1.82) is 0 Å². The third-order valence-electron chi connectivity index (χ3n) is 2.04. The average molecular weight is 227 g/mol. The standard InChI is InChI=1S/C16H21N/c1-6-10-13-15(11-7-2)16(12-8-3)17-14(5)9-4/h6-13H,1-2H2,3-5H3/b12-8-,13-10-,14-9-,15-11+,17-16+. The molecule has 0 amide bonds. The van der Waals surface area contributed by atoms with Crippen molar-refractivity contribution in [1.82, 2.24) is 0 Å². The summed E-state index contributed by atoms with van der Waals surface area (Å²) in [5.74, 6) is 0. The molecule has 0 aromatic rings. The molecule has 0 aliphatic heterocycles. The molecule has 0 heterocycles. The SMILES string of the molecule is C=C/C=C\C(=C/C=C)C(/C=C\C)=N/C(C)=C\C. The normalized spacial score (nSPS) is 14.6. The van der Waals surface area contributed by atoms with Crippen LogP contribution in [0.3, 0.4) is 0 Å². The highest BCUT2D eigenvalue weighted by Crippen LogP contribution is 2.07. The van der Waals surface area contributed by atoms with E-state index < -0.39 is 0 Å². The summed E-state index contributed by atoms with van der Waals surface area (Å²) in [4.78, 5) is 4.55. The van der Waals surface area contributed by atoms with Gasteiger partial charge in [-0.1, -0.05) is 55.7 Å². The van der Waals surface area contributed by atoms with Crippen LogP contribution in [0.5, 0.6) is 0 Å². The molecule has 1 heteroatoms. The van der Waals surface area contributed by atoms with Crippen molar-refractivity contribution in [3.8, 4) is 0 Å². The van der Waals surface area contributed by atoms with E-state index >= 15 is 0 Å². The van der Waals surface area contributed by atoms with E-state index in [1.807, 2.05) is 57.2 Å². The minimum Gasteiger partial charge on any atom is -0.253 e. The smallest absolute Gasteiger partial charge is 0.0701 e. The van der Waals surface area contributed by atoms with Crippen molar-refractivity contribution in [3.05, 3.63) is 73.0 Å². The van der Waals surface area contributed by atoms with Gasteiger partial charge in [-0.05, 0) is 26.8 Å². The van der Waals surface area contributed by atoms with Crippen molar-refractivity contribution in [3.63, 3.8) is 0 Å². The Morgan fingerprint density at radius 1 is 1.06 bits per heavy atom. The van der Waals surface area contributed by atoms with Crippen molar-refractivity contribution >= 4 is 5.71 Å². The number of hydrogen-bond acceptors (Lipinski definition) is 1. The number of rotatable bonds is 6. The van der Waals surface area contributed by atoms with Gasteiger partial charge in [0.05, 0.1) is 5.71 Å². The van der Waals surface area contributed by atoms with E-state index in [0.29, 0.717) is 0 Å². The highest BCUT2D eigenvalue weighted by Gasteiger charge is 1.99. The van der Waals surface area contributed by atoms with Crippen molar-refractivity contribution in [2.45, 2.75) is 20.8 Å². The zero-order valence-electron chi connectivity index (χ0n) is 11.0. The molecule has 0 fully saturated rings.